The summed E-state index contributed by atoms with van der Waals surface area (Å²) in [6.45, 7) is 0. The molecule has 0 amide bonds. The van der Waals surface area contributed by atoms with Crippen molar-refractivity contribution in [1.82, 2.24) is 29.9 Å². The third-order valence-corrected chi connectivity index (χ3v) is 14.6. The van der Waals surface area contributed by atoms with E-state index in [2.05, 4.69) is 103 Å². The van der Waals surface area contributed by atoms with E-state index in [0.717, 1.165) is 34.5 Å². The summed E-state index contributed by atoms with van der Waals surface area (Å²) in [5, 5.41) is 0. The van der Waals surface area contributed by atoms with E-state index in [1.165, 1.54) is 62.8 Å². The molecule has 7 rings (SSSR count). The number of aromatic nitrogens is 6. The highest BCUT2D eigenvalue weighted by Gasteiger charge is 2.25. The first-order valence-electron chi connectivity index (χ1n) is 17.1. The van der Waals surface area contributed by atoms with Gasteiger partial charge in [-0.15, -0.1) is 70.6 Å². The van der Waals surface area contributed by atoms with Crippen LogP contribution in [-0.2, 0) is 34.5 Å². The van der Waals surface area contributed by atoms with Gasteiger partial charge < -0.3 is 0 Å². The lowest BCUT2D eigenvalue weighted by atomic mass is 9.90. The summed E-state index contributed by atoms with van der Waals surface area (Å²) in [6, 6.07) is 25.4. The van der Waals surface area contributed by atoms with Gasteiger partial charge in [-0.1, -0.05) is 0 Å². The Morgan fingerprint density at radius 3 is 0.481 bits per heavy atom. The number of thioether (sulfide) groups is 6. The van der Waals surface area contributed by atoms with E-state index < -0.39 is 0 Å². The van der Waals surface area contributed by atoms with Crippen LogP contribution in [0, 0.1) is 0 Å². The first-order valence-corrected chi connectivity index (χ1v) is 23.1. The van der Waals surface area contributed by atoms with E-state index in [9.17, 15) is 0 Å². The summed E-state index contributed by atoms with van der Waals surface area (Å²) >= 11 is 11.3. The SMILES string of the molecule is c1cc(SCc2c(CSc3ccncc3)c(CSc3ccncc3)c(CSc3ccncc3)c(CSc3ccncc3)c2CSc2ccncc2)ccn1. The molecule has 0 N–H and O–H groups in total. The van der Waals surface area contributed by atoms with Crippen LogP contribution in [0.5, 0.6) is 0 Å². The van der Waals surface area contributed by atoms with Crippen molar-refractivity contribution in [1.29, 1.82) is 0 Å². The number of rotatable bonds is 18. The van der Waals surface area contributed by atoms with Gasteiger partial charge >= 0.3 is 0 Å². The van der Waals surface area contributed by atoms with E-state index >= 15 is 0 Å². The summed E-state index contributed by atoms with van der Waals surface area (Å²) in [5.41, 5.74) is 8.55. The van der Waals surface area contributed by atoms with Gasteiger partial charge in [-0.05, 0) is 106 Å². The molecule has 0 aliphatic rings. The molecule has 0 saturated carbocycles. The zero-order chi connectivity index (χ0) is 36.6. The number of hydrogen-bond acceptors (Lipinski definition) is 12. The molecule has 54 heavy (non-hydrogen) atoms. The topological polar surface area (TPSA) is 77.3 Å². The van der Waals surface area contributed by atoms with Gasteiger partial charge in [0.2, 0.25) is 0 Å². The maximum atomic E-state index is 4.30. The van der Waals surface area contributed by atoms with Crippen LogP contribution in [0.1, 0.15) is 33.4 Å². The maximum absolute atomic E-state index is 4.30. The van der Waals surface area contributed by atoms with E-state index in [0.29, 0.717) is 0 Å². The van der Waals surface area contributed by atoms with Gasteiger partial charge in [0, 0.05) is 138 Å². The lowest BCUT2D eigenvalue weighted by Gasteiger charge is -2.27. The molecule has 6 nitrogen and oxygen atoms in total. The lowest BCUT2D eigenvalue weighted by Crippen LogP contribution is -2.12. The van der Waals surface area contributed by atoms with Gasteiger partial charge in [0.15, 0.2) is 0 Å². The lowest BCUT2D eigenvalue weighted by molar-refractivity contribution is 1.07. The average Bonchev–Trinajstić information content (AvgIpc) is 3.24. The molecule has 1 aromatic carbocycles. The molecule has 12 heteroatoms. The fraction of sp³-hybridized carbons (Fsp3) is 0.143. The largest absolute Gasteiger partial charge is 0.265 e. The zero-order valence-electron chi connectivity index (χ0n) is 29.2. The maximum Gasteiger partial charge on any atom is 0.0278 e. The average molecular weight is 817 g/mol. The minimum atomic E-state index is 0.847. The molecule has 270 valence electrons. The number of benzene rings is 1. The van der Waals surface area contributed by atoms with Crippen LogP contribution < -0.4 is 0 Å². The monoisotopic (exact) mass is 816 g/mol. The van der Waals surface area contributed by atoms with E-state index in [1.54, 1.807) is 0 Å². The Kier molecular flexibility index (Phi) is 14.8. The summed E-state index contributed by atoms with van der Waals surface area (Å²) in [7, 11) is 0. The Labute approximate surface area is 342 Å². The Balaban J connectivity index is 1.42. The summed E-state index contributed by atoms with van der Waals surface area (Å²) < 4.78 is 0. The molecule has 0 bridgehead atoms. The molecule has 6 aromatic heterocycles. The molecule has 0 radical (unpaired) electrons. The van der Waals surface area contributed by atoms with Gasteiger partial charge in [-0.2, -0.15) is 0 Å². The highest BCUT2D eigenvalue weighted by atomic mass is 32.2. The molecule has 0 atom stereocenters. The molecule has 0 spiro atoms. The molecular weight excluding hydrogens is 781 g/mol. The summed E-state index contributed by atoms with van der Waals surface area (Å²) in [4.78, 5) is 33.1. The van der Waals surface area contributed by atoms with Crippen LogP contribution in [0.15, 0.2) is 177 Å². The predicted octanol–water partition coefficient (Wildman–Crippen LogP) is 11.8. The molecule has 6 heterocycles. The standard InChI is InChI=1S/C42H36N6S6/c1-13-43-14-2-31(1)49-25-37-38(26-50-32-3-15-44-16-4-32)40(28-52-34-7-19-46-20-8-34)42(30-54-36-11-23-48-24-12-36)41(29-53-35-9-21-47-22-10-35)39(37)27-51-33-5-17-45-18-6-33/h1-24H,25-30H2. The molecule has 0 fully saturated rings. The van der Waals surface area contributed by atoms with Crippen molar-refractivity contribution in [2.45, 2.75) is 63.9 Å². The molecule has 0 aliphatic heterocycles. The van der Waals surface area contributed by atoms with Crippen LogP contribution in [0.4, 0.5) is 0 Å². The van der Waals surface area contributed by atoms with Crippen molar-refractivity contribution in [3.8, 4) is 0 Å². The van der Waals surface area contributed by atoms with Crippen molar-refractivity contribution in [3.05, 3.63) is 181 Å². The van der Waals surface area contributed by atoms with Crippen LogP contribution in [0.3, 0.4) is 0 Å². The molecule has 7 aromatic rings. The second kappa shape index (κ2) is 20.8. The first kappa shape index (κ1) is 38.5. The van der Waals surface area contributed by atoms with E-state index in [-0.39, 0.29) is 0 Å². The van der Waals surface area contributed by atoms with Crippen molar-refractivity contribution in [2.24, 2.45) is 0 Å². The van der Waals surface area contributed by atoms with Gasteiger partial charge in [0.25, 0.3) is 0 Å². The van der Waals surface area contributed by atoms with Crippen molar-refractivity contribution in [2.75, 3.05) is 0 Å². The fourth-order valence-corrected chi connectivity index (χ4v) is 11.5. The molecule has 0 aliphatic carbocycles. The number of hydrogen-bond donors (Lipinski definition) is 0. The van der Waals surface area contributed by atoms with Gasteiger partial charge in [0.05, 0.1) is 0 Å². The Hall–Kier alpha value is -3.78. The Morgan fingerprint density at radius 2 is 0.352 bits per heavy atom. The summed E-state index contributed by atoms with van der Waals surface area (Å²) in [6.07, 6.45) is 22.6. The quantitative estimate of drug-likeness (QED) is 0.0774. The molecule has 0 saturated heterocycles. The first-order chi connectivity index (χ1) is 26.8. The zero-order valence-corrected chi connectivity index (χ0v) is 34.1. The highest BCUT2D eigenvalue weighted by molar-refractivity contribution is 8.00. The smallest absolute Gasteiger partial charge is 0.0278 e. The van der Waals surface area contributed by atoms with Crippen molar-refractivity contribution >= 4 is 70.6 Å². The van der Waals surface area contributed by atoms with Crippen molar-refractivity contribution < 1.29 is 0 Å². The molecule has 0 unspecified atom stereocenters. The number of nitrogens with zero attached hydrogens (tertiary/aromatic N) is 6. The van der Waals surface area contributed by atoms with Gasteiger partial charge in [0.1, 0.15) is 0 Å². The van der Waals surface area contributed by atoms with Crippen LogP contribution in [0.25, 0.3) is 0 Å². The number of pyridine rings is 6. The fourth-order valence-electron chi connectivity index (χ4n) is 5.68. The minimum absolute atomic E-state index is 0.847. The predicted molar refractivity (Wildman–Crippen MR) is 229 cm³/mol. The second-order valence-electron chi connectivity index (χ2n) is 11.7. The van der Waals surface area contributed by atoms with Crippen LogP contribution in [0.2, 0.25) is 0 Å². The van der Waals surface area contributed by atoms with E-state index in [1.807, 2.05) is 145 Å². The Bertz CT molecular complexity index is 1740. The third-order valence-electron chi connectivity index (χ3n) is 8.38. The van der Waals surface area contributed by atoms with E-state index in [4.69, 9.17) is 0 Å². The summed E-state index contributed by atoms with van der Waals surface area (Å²) in [5.74, 6) is 5.08. The van der Waals surface area contributed by atoms with Gasteiger partial charge in [-0.25, -0.2) is 0 Å². The minimum Gasteiger partial charge on any atom is -0.265 e. The van der Waals surface area contributed by atoms with Gasteiger partial charge in [-0.3, -0.25) is 29.9 Å². The second-order valence-corrected chi connectivity index (χ2v) is 18.0. The highest BCUT2D eigenvalue weighted by Crippen LogP contribution is 2.44. The van der Waals surface area contributed by atoms with Crippen molar-refractivity contribution in [3.63, 3.8) is 0 Å². The normalized spacial score (nSPS) is 11.1. The van der Waals surface area contributed by atoms with Crippen LogP contribution in [-0.4, -0.2) is 29.9 Å². The Morgan fingerprint density at radius 1 is 0.222 bits per heavy atom. The van der Waals surface area contributed by atoms with Crippen LogP contribution >= 0.6 is 70.6 Å². The molecular formula is C42H36N6S6. The third kappa shape index (κ3) is 11.1.